The fourth-order valence-corrected chi connectivity index (χ4v) is 3.33. The summed E-state index contributed by atoms with van der Waals surface area (Å²) in [6.45, 7) is 2.49. The van der Waals surface area contributed by atoms with E-state index >= 15 is 0 Å². The Bertz CT molecular complexity index is 670. The molecule has 1 fully saturated rings. The maximum Gasteiger partial charge on any atom is 0.238 e. The standard InChI is InChI=1S/C18H20N2O2S/c1-13-7-8-14(10-19-18(21)16-11-23-12-20-16)17(9-13)22-15-5-3-2-4-6-15/h2-9,16,20H,10-12H2,1H3,(H,19,21). The van der Waals surface area contributed by atoms with Crippen molar-refractivity contribution in [2.24, 2.45) is 0 Å². The van der Waals surface area contributed by atoms with E-state index < -0.39 is 0 Å². The summed E-state index contributed by atoms with van der Waals surface area (Å²) in [4.78, 5) is 12.1. The van der Waals surface area contributed by atoms with Crippen molar-refractivity contribution in [1.29, 1.82) is 0 Å². The molecule has 0 spiro atoms. The number of aryl methyl sites for hydroxylation is 1. The van der Waals surface area contributed by atoms with Crippen LogP contribution in [0.15, 0.2) is 48.5 Å². The third-order valence-corrected chi connectivity index (χ3v) is 4.62. The average Bonchev–Trinajstić information content (AvgIpc) is 3.09. The Labute approximate surface area is 140 Å². The fourth-order valence-electron chi connectivity index (χ4n) is 2.39. The summed E-state index contributed by atoms with van der Waals surface area (Å²) in [6, 6.07) is 15.6. The molecule has 1 aliphatic rings. The van der Waals surface area contributed by atoms with Gasteiger partial charge in [-0.25, -0.2) is 0 Å². The third kappa shape index (κ3) is 4.27. The molecule has 1 aliphatic heterocycles. The van der Waals surface area contributed by atoms with Gasteiger partial charge in [0.2, 0.25) is 5.91 Å². The molecule has 23 heavy (non-hydrogen) atoms. The van der Waals surface area contributed by atoms with Crippen molar-refractivity contribution in [1.82, 2.24) is 10.6 Å². The number of hydrogen-bond donors (Lipinski definition) is 2. The first kappa shape index (κ1) is 15.9. The maximum atomic E-state index is 12.1. The van der Waals surface area contributed by atoms with Gasteiger partial charge in [0, 0.05) is 23.7 Å². The van der Waals surface area contributed by atoms with E-state index in [1.807, 2.05) is 55.5 Å². The summed E-state index contributed by atoms with van der Waals surface area (Å²) < 4.78 is 5.98. The first-order valence-electron chi connectivity index (χ1n) is 7.63. The Hall–Kier alpha value is -1.98. The molecule has 0 bridgehead atoms. The van der Waals surface area contributed by atoms with Gasteiger partial charge < -0.3 is 10.1 Å². The van der Waals surface area contributed by atoms with Crippen LogP contribution in [0.25, 0.3) is 0 Å². The van der Waals surface area contributed by atoms with Gasteiger partial charge in [0.1, 0.15) is 11.5 Å². The lowest BCUT2D eigenvalue weighted by atomic mass is 10.1. The SMILES string of the molecule is Cc1ccc(CNC(=O)C2CSCN2)c(Oc2ccccc2)c1. The second-order valence-electron chi connectivity index (χ2n) is 5.52. The number of ether oxygens (including phenoxy) is 1. The Kier molecular flexibility index (Phi) is 5.20. The second kappa shape index (κ2) is 7.53. The first-order chi connectivity index (χ1) is 11.2. The van der Waals surface area contributed by atoms with Crippen LogP contribution in [-0.2, 0) is 11.3 Å². The van der Waals surface area contributed by atoms with Crippen molar-refractivity contribution in [3.05, 3.63) is 59.7 Å². The van der Waals surface area contributed by atoms with E-state index in [1.165, 1.54) is 0 Å². The number of para-hydroxylation sites is 1. The molecule has 120 valence electrons. The molecule has 0 saturated carbocycles. The Morgan fingerprint density at radius 1 is 1.30 bits per heavy atom. The quantitative estimate of drug-likeness (QED) is 0.886. The van der Waals surface area contributed by atoms with Crippen LogP contribution in [0.1, 0.15) is 11.1 Å². The topological polar surface area (TPSA) is 50.4 Å². The van der Waals surface area contributed by atoms with Crippen LogP contribution in [0.3, 0.4) is 0 Å². The lowest BCUT2D eigenvalue weighted by Gasteiger charge is -2.14. The minimum absolute atomic E-state index is 0.0428. The summed E-state index contributed by atoms with van der Waals surface area (Å²) in [5.74, 6) is 3.28. The zero-order chi connectivity index (χ0) is 16.1. The van der Waals surface area contributed by atoms with E-state index in [9.17, 15) is 4.79 Å². The highest BCUT2D eigenvalue weighted by Crippen LogP contribution is 2.26. The number of rotatable bonds is 5. The predicted octanol–water partition coefficient (Wildman–Crippen LogP) is 3.07. The van der Waals surface area contributed by atoms with Crippen molar-refractivity contribution in [2.75, 3.05) is 11.6 Å². The number of benzene rings is 2. The van der Waals surface area contributed by atoms with Crippen molar-refractivity contribution in [3.63, 3.8) is 0 Å². The molecule has 1 atom stereocenters. The Morgan fingerprint density at radius 3 is 2.87 bits per heavy atom. The molecular formula is C18H20N2O2S. The molecule has 0 radical (unpaired) electrons. The summed E-state index contributed by atoms with van der Waals surface area (Å²) in [6.07, 6.45) is 0. The maximum absolute atomic E-state index is 12.1. The molecule has 2 aromatic rings. The van der Waals surface area contributed by atoms with Gasteiger partial charge in [-0.15, -0.1) is 11.8 Å². The lowest BCUT2D eigenvalue weighted by Crippen LogP contribution is -2.41. The highest BCUT2D eigenvalue weighted by Gasteiger charge is 2.22. The van der Waals surface area contributed by atoms with E-state index in [2.05, 4.69) is 10.6 Å². The zero-order valence-electron chi connectivity index (χ0n) is 13.0. The lowest BCUT2D eigenvalue weighted by molar-refractivity contribution is -0.122. The van der Waals surface area contributed by atoms with Crippen LogP contribution < -0.4 is 15.4 Å². The van der Waals surface area contributed by atoms with Crippen molar-refractivity contribution < 1.29 is 9.53 Å². The van der Waals surface area contributed by atoms with Crippen LogP contribution in [-0.4, -0.2) is 23.6 Å². The van der Waals surface area contributed by atoms with E-state index in [4.69, 9.17) is 4.74 Å². The molecule has 1 amide bonds. The fraction of sp³-hybridized carbons (Fsp3) is 0.278. The monoisotopic (exact) mass is 328 g/mol. The van der Waals surface area contributed by atoms with Crippen molar-refractivity contribution >= 4 is 17.7 Å². The van der Waals surface area contributed by atoms with E-state index in [0.717, 1.165) is 34.3 Å². The van der Waals surface area contributed by atoms with Gasteiger partial charge in [-0.1, -0.05) is 30.3 Å². The van der Waals surface area contributed by atoms with Crippen LogP contribution in [0.5, 0.6) is 11.5 Å². The summed E-state index contributed by atoms with van der Waals surface area (Å²) in [5.41, 5.74) is 2.10. The van der Waals surface area contributed by atoms with Gasteiger partial charge in [-0.05, 0) is 30.7 Å². The Morgan fingerprint density at radius 2 is 2.13 bits per heavy atom. The third-order valence-electron chi connectivity index (χ3n) is 3.68. The zero-order valence-corrected chi connectivity index (χ0v) is 13.9. The molecule has 2 aromatic carbocycles. The van der Waals surface area contributed by atoms with Crippen LogP contribution in [0.2, 0.25) is 0 Å². The highest BCUT2D eigenvalue weighted by molar-refractivity contribution is 7.99. The molecule has 1 saturated heterocycles. The van der Waals surface area contributed by atoms with Gasteiger partial charge in [0.15, 0.2) is 0 Å². The smallest absolute Gasteiger partial charge is 0.238 e. The van der Waals surface area contributed by atoms with E-state index in [-0.39, 0.29) is 11.9 Å². The number of nitrogens with one attached hydrogen (secondary N) is 2. The molecule has 1 unspecified atom stereocenters. The molecule has 1 heterocycles. The molecule has 0 aromatic heterocycles. The van der Waals surface area contributed by atoms with Gasteiger partial charge in [0.05, 0.1) is 6.04 Å². The summed E-state index contributed by atoms with van der Waals surface area (Å²) >= 11 is 1.74. The number of carbonyl (C=O) groups is 1. The molecule has 0 aliphatic carbocycles. The highest BCUT2D eigenvalue weighted by atomic mass is 32.2. The van der Waals surface area contributed by atoms with Crippen LogP contribution in [0.4, 0.5) is 0 Å². The number of amides is 1. The van der Waals surface area contributed by atoms with Crippen molar-refractivity contribution in [2.45, 2.75) is 19.5 Å². The summed E-state index contributed by atoms with van der Waals surface area (Å²) in [7, 11) is 0. The van der Waals surface area contributed by atoms with Gasteiger partial charge >= 0.3 is 0 Å². The predicted molar refractivity (Wildman–Crippen MR) is 93.8 cm³/mol. The molecule has 3 rings (SSSR count). The minimum atomic E-state index is -0.0936. The van der Waals surface area contributed by atoms with Gasteiger partial charge in [0.25, 0.3) is 0 Å². The number of hydrogen-bond acceptors (Lipinski definition) is 4. The van der Waals surface area contributed by atoms with E-state index in [1.54, 1.807) is 11.8 Å². The van der Waals surface area contributed by atoms with Crippen LogP contribution >= 0.6 is 11.8 Å². The first-order valence-corrected chi connectivity index (χ1v) is 8.79. The summed E-state index contributed by atoms with van der Waals surface area (Å²) in [5, 5.41) is 6.17. The van der Waals surface area contributed by atoms with Crippen molar-refractivity contribution in [3.8, 4) is 11.5 Å². The molecular weight excluding hydrogens is 308 g/mol. The van der Waals surface area contributed by atoms with E-state index in [0.29, 0.717) is 6.54 Å². The van der Waals surface area contributed by atoms with Crippen LogP contribution in [0, 0.1) is 6.92 Å². The number of thioether (sulfide) groups is 1. The molecule has 2 N–H and O–H groups in total. The number of carbonyl (C=O) groups excluding carboxylic acids is 1. The largest absolute Gasteiger partial charge is 0.457 e. The van der Waals surface area contributed by atoms with Gasteiger partial charge in [-0.3, -0.25) is 10.1 Å². The molecule has 4 nitrogen and oxygen atoms in total. The Balaban J connectivity index is 1.69. The molecule has 5 heteroatoms. The average molecular weight is 328 g/mol. The normalized spacial score (nSPS) is 17.0. The second-order valence-corrected chi connectivity index (χ2v) is 6.55. The van der Waals surface area contributed by atoms with Gasteiger partial charge in [-0.2, -0.15) is 0 Å². The minimum Gasteiger partial charge on any atom is -0.457 e.